The van der Waals surface area contributed by atoms with Gasteiger partial charge >= 0.3 is 11.9 Å². The van der Waals surface area contributed by atoms with E-state index in [2.05, 4.69) is 5.32 Å². The quantitative estimate of drug-likeness (QED) is 0.799. The van der Waals surface area contributed by atoms with Crippen LogP contribution >= 0.6 is 11.3 Å². The normalized spacial score (nSPS) is 27.8. The smallest absolute Gasteiger partial charge is 0.341 e. The van der Waals surface area contributed by atoms with Crippen molar-refractivity contribution in [1.82, 2.24) is 0 Å². The van der Waals surface area contributed by atoms with Gasteiger partial charge in [-0.15, -0.1) is 11.3 Å². The van der Waals surface area contributed by atoms with Crippen LogP contribution in [0.1, 0.15) is 46.5 Å². The summed E-state index contributed by atoms with van der Waals surface area (Å²) in [5.74, 6) is -2.64. The number of amides is 1. The third-order valence-electron chi connectivity index (χ3n) is 5.82. The number of fused-ring (bicyclic) bond motifs is 3. The molecule has 0 radical (unpaired) electrons. The predicted octanol–water partition coefficient (Wildman–Crippen LogP) is 3.23. The highest BCUT2D eigenvalue weighted by Crippen LogP contribution is 2.49. The fourth-order valence-corrected chi connectivity index (χ4v) is 5.49. The minimum atomic E-state index is -0.888. The molecule has 2 bridgehead atoms. The zero-order valence-electron chi connectivity index (χ0n) is 14.6. The molecule has 0 spiro atoms. The number of aliphatic carboxylic acids is 1. The molecule has 1 aromatic rings. The van der Waals surface area contributed by atoms with Gasteiger partial charge in [-0.05, 0) is 56.9 Å². The molecule has 25 heavy (non-hydrogen) atoms. The Hall–Kier alpha value is -1.89. The molecule has 2 N–H and O–H groups in total. The Bertz CT molecular complexity index is 717. The first kappa shape index (κ1) is 17.9. The number of carboxylic acid groups (broad SMARTS) is 1. The van der Waals surface area contributed by atoms with Crippen LogP contribution in [0.5, 0.6) is 0 Å². The molecule has 1 aromatic heterocycles. The number of thiophene rings is 1. The molecule has 2 atom stereocenters. The van der Waals surface area contributed by atoms with Crippen molar-refractivity contribution in [2.75, 3.05) is 12.4 Å². The maximum Gasteiger partial charge on any atom is 0.341 e. The number of nitrogens with one attached hydrogen (secondary N) is 1. The molecule has 6 nitrogen and oxygen atoms in total. The molecule has 4 rings (SSSR count). The van der Waals surface area contributed by atoms with E-state index >= 15 is 0 Å². The first-order chi connectivity index (χ1) is 11.8. The van der Waals surface area contributed by atoms with E-state index < -0.39 is 23.8 Å². The van der Waals surface area contributed by atoms with E-state index in [1.165, 1.54) is 18.4 Å². The van der Waals surface area contributed by atoms with Crippen LogP contribution in [0.25, 0.3) is 0 Å². The Morgan fingerprint density at radius 3 is 2.16 bits per heavy atom. The molecule has 3 fully saturated rings. The van der Waals surface area contributed by atoms with E-state index in [0.29, 0.717) is 10.6 Å². The van der Waals surface area contributed by atoms with Crippen LogP contribution in [-0.4, -0.2) is 30.1 Å². The molecule has 7 heteroatoms. The van der Waals surface area contributed by atoms with Crippen LogP contribution in [0.15, 0.2) is 0 Å². The van der Waals surface area contributed by atoms with Gasteiger partial charge in [0.05, 0.1) is 24.5 Å². The van der Waals surface area contributed by atoms with Crippen LogP contribution in [0.2, 0.25) is 0 Å². The van der Waals surface area contributed by atoms with Gasteiger partial charge in [0, 0.05) is 4.88 Å². The second-order valence-corrected chi connectivity index (χ2v) is 8.26. The number of aryl methyl sites for hydroxylation is 1. The van der Waals surface area contributed by atoms with Crippen LogP contribution in [0.3, 0.4) is 0 Å². The van der Waals surface area contributed by atoms with Gasteiger partial charge in [-0.25, -0.2) is 4.79 Å². The van der Waals surface area contributed by atoms with E-state index in [1.807, 2.05) is 13.8 Å². The molecule has 136 valence electrons. The van der Waals surface area contributed by atoms with Gasteiger partial charge in [-0.1, -0.05) is 0 Å². The number of ether oxygens (including phenoxy) is 1. The largest absolute Gasteiger partial charge is 0.481 e. The number of carbonyl (C=O) groups excluding carboxylic acids is 2. The lowest BCUT2D eigenvalue weighted by molar-refractivity contribution is -0.156. The number of rotatable bonds is 4. The summed E-state index contributed by atoms with van der Waals surface area (Å²) >= 11 is 1.33. The van der Waals surface area contributed by atoms with Gasteiger partial charge in [-0.2, -0.15) is 0 Å². The number of anilines is 1. The van der Waals surface area contributed by atoms with E-state index in [-0.39, 0.29) is 17.7 Å². The number of esters is 1. The number of carboxylic acids is 1. The second-order valence-electron chi connectivity index (χ2n) is 7.03. The van der Waals surface area contributed by atoms with E-state index in [0.717, 1.165) is 36.1 Å². The van der Waals surface area contributed by atoms with Gasteiger partial charge in [0.25, 0.3) is 0 Å². The summed E-state index contributed by atoms with van der Waals surface area (Å²) in [5, 5.41) is 12.9. The summed E-state index contributed by atoms with van der Waals surface area (Å²) in [7, 11) is 1.31. The van der Waals surface area contributed by atoms with Crippen LogP contribution in [0.4, 0.5) is 5.00 Å². The zero-order valence-corrected chi connectivity index (χ0v) is 15.4. The number of carbonyl (C=O) groups is 3. The molecule has 3 aliphatic carbocycles. The molecule has 3 aliphatic rings. The highest BCUT2D eigenvalue weighted by atomic mass is 32.1. The predicted molar refractivity (Wildman–Crippen MR) is 93.8 cm³/mol. The minimum absolute atomic E-state index is 0.0742. The van der Waals surface area contributed by atoms with Crippen molar-refractivity contribution in [3.05, 3.63) is 16.0 Å². The van der Waals surface area contributed by atoms with Crippen molar-refractivity contribution in [2.45, 2.75) is 39.5 Å². The van der Waals surface area contributed by atoms with Crippen molar-refractivity contribution in [3.8, 4) is 0 Å². The van der Waals surface area contributed by atoms with Crippen molar-refractivity contribution in [3.63, 3.8) is 0 Å². The molecule has 0 aromatic carbocycles. The summed E-state index contributed by atoms with van der Waals surface area (Å²) in [4.78, 5) is 37.7. The van der Waals surface area contributed by atoms with Gasteiger partial charge in [0.2, 0.25) is 5.91 Å². The maximum atomic E-state index is 12.9. The fraction of sp³-hybridized carbons (Fsp3) is 0.611. The standard InChI is InChI=1S/C18H23NO5S/c1-8-9(2)25-16(12(8)18(23)24-3)19-15(20)13-10-4-6-11(7-5-10)14(13)17(21)22/h10-11,13-14H,4-7H2,1-3H3,(H,19,20)(H,21,22)/t10?,11?,13-,14+/m0/s1. The van der Waals surface area contributed by atoms with Crippen LogP contribution in [0, 0.1) is 37.5 Å². The number of hydrogen-bond donors (Lipinski definition) is 2. The molecule has 0 unspecified atom stereocenters. The summed E-state index contributed by atoms with van der Waals surface area (Å²) in [6.45, 7) is 3.70. The molecule has 3 saturated carbocycles. The summed E-state index contributed by atoms with van der Waals surface area (Å²) in [6.07, 6.45) is 3.57. The first-order valence-corrected chi connectivity index (χ1v) is 9.38. The van der Waals surface area contributed by atoms with Crippen LogP contribution < -0.4 is 5.32 Å². The average molecular weight is 365 g/mol. The number of methoxy groups -OCH3 is 1. The lowest BCUT2D eigenvalue weighted by Crippen LogP contribution is -2.49. The topological polar surface area (TPSA) is 92.7 Å². The maximum absolute atomic E-state index is 12.9. The van der Waals surface area contributed by atoms with Gasteiger partial charge in [-0.3, -0.25) is 9.59 Å². The molecule has 0 saturated heterocycles. The monoisotopic (exact) mass is 365 g/mol. The van der Waals surface area contributed by atoms with E-state index in [1.54, 1.807) is 0 Å². The molecular formula is C18H23NO5S. The minimum Gasteiger partial charge on any atom is -0.481 e. The van der Waals surface area contributed by atoms with E-state index in [9.17, 15) is 19.5 Å². The Morgan fingerprint density at radius 2 is 1.64 bits per heavy atom. The Balaban J connectivity index is 1.88. The summed E-state index contributed by atoms with van der Waals surface area (Å²) in [5.41, 5.74) is 1.15. The average Bonchev–Trinajstić information content (AvgIpc) is 2.88. The zero-order chi connectivity index (χ0) is 18.3. The summed E-state index contributed by atoms with van der Waals surface area (Å²) < 4.78 is 4.83. The van der Waals surface area contributed by atoms with Crippen molar-refractivity contribution >= 4 is 34.2 Å². The second kappa shape index (κ2) is 6.78. The lowest BCUT2D eigenvalue weighted by Gasteiger charge is -2.45. The Morgan fingerprint density at radius 1 is 1.08 bits per heavy atom. The fourth-order valence-electron chi connectivity index (χ4n) is 4.44. The van der Waals surface area contributed by atoms with Gasteiger partial charge in [0.15, 0.2) is 0 Å². The molecular weight excluding hydrogens is 342 g/mol. The Kier molecular flexibility index (Phi) is 4.86. The van der Waals surface area contributed by atoms with Crippen molar-refractivity contribution in [2.24, 2.45) is 23.7 Å². The molecule has 1 amide bonds. The van der Waals surface area contributed by atoms with Gasteiger partial charge < -0.3 is 15.2 Å². The molecule has 0 aliphatic heterocycles. The third kappa shape index (κ3) is 3.05. The highest BCUT2D eigenvalue weighted by Gasteiger charge is 2.50. The van der Waals surface area contributed by atoms with E-state index in [4.69, 9.17) is 4.74 Å². The van der Waals surface area contributed by atoms with Crippen molar-refractivity contribution in [1.29, 1.82) is 0 Å². The SMILES string of the molecule is COC(=O)c1c(NC(=O)[C@H]2C3CCC(CC3)[C@H]2C(=O)O)sc(C)c1C. The van der Waals surface area contributed by atoms with Crippen molar-refractivity contribution < 1.29 is 24.2 Å². The van der Waals surface area contributed by atoms with Gasteiger partial charge in [0.1, 0.15) is 5.00 Å². The highest BCUT2D eigenvalue weighted by molar-refractivity contribution is 7.16. The Labute approximate surface area is 150 Å². The summed E-state index contributed by atoms with van der Waals surface area (Å²) in [6, 6.07) is 0. The van der Waals surface area contributed by atoms with Crippen LogP contribution in [-0.2, 0) is 14.3 Å². The molecule has 1 heterocycles. The lowest BCUT2D eigenvalue weighted by atomic mass is 9.58. The third-order valence-corrected chi connectivity index (χ3v) is 6.94. The first-order valence-electron chi connectivity index (χ1n) is 8.57. The number of hydrogen-bond acceptors (Lipinski definition) is 5.